The molecule has 0 spiro atoms. The molecule has 7 nitrogen and oxygen atoms in total. The van der Waals surface area contributed by atoms with E-state index in [9.17, 15) is 19.7 Å². The van der Waals surface area contributed by atoms with Gasteiger partial charge in [-0.15, -0.1) is 11.3 Å². The van der Waals surface area contributed by atoms with E-state index in [1.165, 1.54) is 36.6 Å². The molecule has 0 saturated carbocycles. The van der Waals surface area contributed by atoms with Crippen LogP contribution in [0.25, 0.3) is 0 Å². The van der Waals surface area contributed by atoms with Crippen molar-refractivity contribution in [2.45, 2.75) is 27.2 Å². The zero-order valence-corrected chi connectivity index (χ0v) is 15.2. The van der Waals surface area contributed by atoms with Crippen molar-refractivity contribution in [2.24, 2.45) is 0 Å². The summed E-state index contributed by atoms with van der Waals surface area (Å²) in [5.74, 6) is -1.04. The number of methoxy groups -OCH3 is 1. The van der Waals surface area contributed by atoms with Gasteiger partial charge in [0.05, 0.1) is 17.6 Å². The van der Waals surface area contributed by atoms with Gasteiger partial charge in [0.25, 0.3) is 11.6 Å². The van der Waals surface area contributed by atoms with Crippen LogP contribution in [0.3, 0.4) is 0 Å². The summed E-state index contributed by atoms with van der Waals surface area (Å²) in [4.78, 5) is 36.0. The number of benzene rings is 1. The normalized spacial score (nSPS) is 10.4. The predicted octanol–water partition coefficient (Wildman–Crippen LogP) is 3.87. The Balaban J connectivity index is 2.40. The average Bonchev–Trinajstić information content (AvgIpc) is 2.89. The van der Waals surface area contributed by atoms with Gasteiger partial charge in [0.15, 0.2) is 0 Å². The maximum absolute atomic E-state index is 12.5. The Bertz CT molecular complexity index is 857. The zero-order valence-electron chi connectivity index (χ0n) is 14.3. The molecular formula is C17H18N2O5S. The van der Waals surface area contributed by atoms with Crippen LogP contribution in [0.5, 0.6) is 0 Å². The highest BCUT2D eigenvalue weighted by atomic mass is 32.1. The van der Waals surface area contributed by atoms with E-state index in [4.69, 9.17) is 4.74 Å². The lowest BCUT2D eigenvalue weighted by atomic mass is 10.1. The Labute approximate surface area is 148 Å². The lowest BCUT2D eigenvalue weighted by Gasteiger charge is -2.07. The quantitative estimate of drug-likeness (QED) is 0.494. The second-order valence-electron chi connectivity index (χ2n) is 5.40. The predicted molar refractivity (Wildman–Crippen MR) is 95.6 cm³/mol. The van der Waals surface area contributed by atoms with Crippen molar-refractivity contribution in [1.82, 2.24) is 0 Å². The lowest BCUT2D eigenvalue weighted by molar-refractivity contribution is -0.385. The molecule has 2 aromatic rings. The van der Waals surface area contributed by atoms with E-state index < -0.39 is 16.8 Å². The smallest absolute Gasteiger partial charge is 0.341 e. The Morgan fingerprint density at radius 3 is 2.56 bits per heavy atom. The number of aryl methyl sites for hydroxylation is 2. The molecule has 0 bridgehead atoms. The molecule has 1 amide bonds. The molecule has 1 heterocycles. The van der Waals surface area contributed by atoms with E-state index >= 15 is 0 Å². The van der Waals surface area contributed by atoms with Gasteiger partial charge in [0.2, 0.25) is 0 Å². The molecular weight excluding hydrogens is 344 g/mol. The SMILES string of the molecule is CCc1c(C)sc(NC(=O)c2ccc(C)c([N+](=O)[O-])c2)c1C(=O)OC. The fraction of sp³-hybridized carbons (Fsp3) is 0.294. The Kier molecular flexibility index (Phi) is 5.53. The molecule has 8 heteroatoms. The Morgan fingerprint density at radius 1 is 1.32 bits per heavy atom. The van der Waals surface area contributed by atoms with E-state index in [0.29, 0.717) is 22.5 Å². The van der Waals surface area contributed by atoms with Crippen LogP contribution in [0.15, 0.2) is 18.2 Å². The minimum Gasteiger partial charge on any atom is -0.465 e. The first kappa shape index (κ1) is 18.6. The fourth-order valence-corrected chi connectivity index (χ4v) is 3.66. The number of nitrogens with one attached hydrogen (secondary N) is 1. The molecule has 0 aliphatic rings. The van der Waals surface area contributed by atoms with Crippen molar-refractivity contribution in [3.63, 3.8) is 0 Å². The number of thiophene rings is 1. The number of nitro groups is 1. The van der Waals surface area contributed by atoms with Crippen molar-refractivity contribution in [3.8, 4) is 0 Å². The summed E-state index contributed by atoms with van der Waals surface area (Å²) in [5.41, 5.74) is 1.65. The standard InChI is InChI=1S/C17H18N2O5S/c1-5-12-10(3)25-16(14(12)17(21)24-4)18-15(20)11-7-6-9(2)13(8-11)19(22)23/h6-8H,5H2,1-4H3,(H,18,20). The van der Waals surface area contributed by atoms with Crippen molar-refractivity contribution in [2.75, 3.05) is 12.4 Å². The van der Waals surface area contributed by atoms with Crippen LogP contribution in [-0.4, -0.2) is 23.9 Å². The highest BCUT2D eigenvalue weighted by Crippen LogP contribution is 2.34. The summed E-state index contributed by atoms with van der Waals surface area (Å²) >= 11 is 1.28. The van der Waals surface area contributed by atoms with Crippen LogP contribution in [0, 0.1) is 24.0 Å². The number of esters is 1. The summed E-state index contributed by atoms with van der Waals surface area (Å²) in [5, 5.41) is 14.1. The molecule has 0 saturated heterocycles. The topological polar surface area (TPSA) is 98.5 Å². The van der Waals surface area contributed by atoms with Gasteiger partial charge < -0.3 is 10.1 Å². The third-order valence-corrected chi connectivity index (χ3v) is 4.91. The largest absolute Gasteiger partial charge is 0.465 e. The second-order valence-corrected chi connectivity index (χ2v) is 6.62. The van der Waals surface area contributed by atoms with Gasteiger partial charge in [-0.05, 0) is 31.9 Å². The van der Waals surface area contributed by atoms with Crippen molar-refractivity contribution in [3.05, 3.63) is 55.4 Å². The molecule has 0 aliphatic carbocycles. The van der Waals surface area contributed by atoms with E-state index in [-0.39, 0.29) is 11.3 Å². The molecule has 1 aromatic heterocycles. The van der Waals surface area contributed by atoms with Gasteiger partial charge in [-0.2, -0.15) is 0 Å². The maximum atomic E-state index is 12.5. The van der Waals surface area contributed by atoms with Gasteiger partial charge in [0.1, 0.15) is 5.00 Å². The highest BCUT2D eigenvalue weighted by molar-refractivity contribution is 7.16. The fourth-order valence-electron chi connectivity index (χ4n) is 2.53. The molecule has 0 fully saturated rings. The third kappa shape index (κ3) is 3.69. The summed E-state index contributed by atoms with van der Waals surface area (Å²) < 4.78 is 4.81. The average molecular weight is 362 g/mol. The molecule has 1 N–H and O–H groups in total. The van der Waals surface area contributed by atoms with Crippen molar-refractivity contribution < 1.29 is 19.2 Å². The van der Waals surface area contributed by atoms with E-state index in [0.717, 1.165) is 10.4 Å². The first-order chi connectivity index (χ1) is 11.8. The molecule has 25 heavy (non-hydrogen) atoms. The maximum Gasteiger partial charge on any atom is 0.341 e. The second kappa shape index (κ2) is 7.43. The summed E-state index contributed by atoms with van der Waals surface area (Å²) in [7, 11) is 1.28. The monoisotopic (exact) mass is 362 g/mol. The van der Waals surface area contributed by atoms with E-state index in [1.807, 2.05) is 13.8 Å². The molecule has 0 unspecified atom stereocenters. The Hall–Kier alpha value is -2.74. The van der Waals surface area contributed by atoms with Gasteiger partial charge in [-0.3, -0.25) is 14.9 Å². The minimum absolute atomic E-state index is 0.127. The molecule has 2 rings (SSSR count). The van der Waals surface area contributed by atoms with Crippen molar-refractivity contribution in [1.29, 1.82) is 0 Å². The number of nitrogens with zero attached hydrogens (tertiary/aromatic N) is 1. The number of hydrogen-bond acceptors (Lipinski definition) is 6. The number of ether oxygens (including phenoxy) is 1. The minimum atomic E-state index is -0.531. The van der Waals surface area contributed by atoms with Gasteiger partial charge in [-0.25, -0.2) is 4.79 Å². The molecule has 0 aliphatic heterocycles. The van der Waals surface area contributed by atoms with Gasteiger partial charge in [0, 0.05) is 22.1 Å². The summed E-state index contributed by atoms with van der Waals surface area (Å²) in [6.45, 7) is 5.38. The third-order valence-electron chi connectivity index (χ3n) is 3.85. The van der Waals surface area contributed by atoms with Crippen LogP contribution in [0.2, 0.25) is 0 Å². The van der Waals surface area contributed by atoms with Crippen LogP contribution in [0.4, 0.5) is 10.7 Å². The van der Waals surface area contributed by atoms with Crippen LogP contribution < -0.4 is 5.32 Å². The first-order valence-corrected chi connectivity index (χ1v) is 8.38. The van der Waals surface area contributed by atoms with Crippen LogP contribution in [-0.2, 0) is 11.2 Å². The number of anilines is 1. The van der Waals surface area contributed by atoms with Crippen molar-refractivity contribution >= 4 is 33.9 Å². The molecule has 0 radical (unpaired) electrons. The van der Waals surface area contributed by atoms with E-state index in [1.54, 1.807) is 6.92 Å². The Morgan fingerprint density at radius 2 is 2.00 bits per heavy atom. The number of amides is 1. The highest BCUT2D eigenvalue weighted by Gasteiger charge is 2.24. The summed E-state index contributed by atoms with van der Waals surface area (Å²) in [6, 6.07) is 4.26. The van der Waals surface area contributed by atoms with Gasteiger partial charge >= 0.3 is 5.97 Å². The zero-order chi connectivity index (χ0) is 18.7. The molecule has 0 atom stereocenters. The molecule has 132 valence electrons. The van der Waals surface area contributed by atoms with Crippen LogP contribution in [0.1, 0.15) is 43.6 Å². The lowest BCUT2D eigenvalue weighted by Crippen LogP contribution is -2.15. The number of nitro benzene ring substituents is 1. The first-order valence-electron chi connectivity index (χ1n) is 7.57. The summed E-state index contributed by atoms with van der Waals surface area (Å²) in [6.07, 6.45) is 0.624. The number of carbonyl (C=O) groups excluding carboxylic acids is 2. The van der Waals surface area contributed by atoms with E-state index in [2.05, 4.69) is 5.32 Å². The number of carbonyl (C=O) groups is 2. The van der Waals surface area contributed by atoms with Crippen LogP contribution >= 0.6 is 11.3 Å². The van der Waals surface area contributed by atoms with Gasteiger partial charge in [-0.1, -0.05) is 13.0 Å². The molecule has 1 aromatic carbocycles. The number of rotatable bonds is 5. The number of hydrogen-bond donors (Lipinski definition) is 1.